The molecule has 0 fully saturated rings. The lowest BCUT2D eigenvalue weighted by Crippen LogP contribution is -2.38. The third-order valence-electron chi connectivity index (χ3n) is 5.58. The van der Waals surface area contributed by atoms with Crippen LogP contribution >= 0.6 is 15.9 Å². The van der Waals surface area contributed by atoms with E-state index in [1.807, 2.05) is 24.0 Å². The van der Waals surface area contributed by atoms with Crippen molar-refractivity contribution in [3.05, 3.63) is 81.6 Å². The number of rotatable bonds is 10. The zero-order chi connectivity index (χ0) is 26.5. The molecule has 0 aliphatic heterocycles. The summed E-state index contributed by atoms with van der Waals surface area (Å²) in [7, 11) is 0. The number of ether oxygens (including phenoxy) is 1. The molecule has 192 valence electrons. The summed E-state index contributed by atoms with van der Waals surface area (Å²) in [5, 5.41) is 9.30. The molecule has 0 aliphatic rings. The molecule has 0 spiro atoms. The Hall–Kier alpha value is -3.14. The molecule has 10 heteroatoms. The van der Waals surface area contributed by atoms with E-state index in [2.05, 4.69) is 25.9 Å². The average molecular weight is 566 g/mol. The second-order valence-electron chi connectivity index (χ2n) is 8.79. The van der Waals surface area contributed by atoms with Crippen molar-refractivity contribution in [3.63, 3.8) is 0 Å². The number of anilines is 1. The largest absolute Gasteiger partial charge is 0.478 e. The normalized spacial score (nSPS) is 11.9. The van der Waals surface area contributed by atoms with Crippen molar-refractivity contribution in [2.24, 2.45) is 0 Å². The molecule has 3 aromatic rings. The van der Waals surface area contributed by atoms with Gasteiger partial charge in [-0.15, -0.1) is 0 Å². The van der Waals surface area contributed by atoms with E-state index in [0.29, 0.717) is 41.2 Å². The Bertz CT molecular complexity index is 1180. The van der Waals surface area contributed by atoms with Gasteiger partial charge in [0.15, 0.2) is 5.60 Å². The first-order chi connectivity index (χ1) is 16.9. The zero-order valence-electron chi connectivity index (χ0n) is 20.1. The van der Waals surface area contributed by atoms with Crippen LogP contribution in [-0.4, -0.2) is 33.2 Å². The second-order valence-corrected chi connectivity index (χ2v) is 9.65. The molecule has 0 radical (unpaired) electrons. The van der Waals surface area contributed by atoms with Gasteiger partial charge in [0.05, 0.1) is 10.0 Å². The van der Waals surface area contributed by atoms with Gasteiger partial charge in [-0.3, -0.25) is 0 Å². The van der Waals surface area contributed by atoms with E-state index in [1.165, 1.54) is 26.0 Å². The molecule has 0 amide bonds. The van der Waals surface area contributed by atoms with Gasteiger partial charge in [-0.25, -0.2) is 14.8 Å². The van der Waals surface area contributed by atoms with Crippen LogP contribution < -0.4 is 9.64 Å². The fraction of sp³-hybridized carbons (Fsp3) is 0.346. The number of hydrogen-bond donors (Lipinski definition) is 1. The number of aromatic nitrogens is 2. The highest BCUT2D eigenvalue weighted by atomic mass is 79.9. The maximum absolute atomic E-state index is 12.9. The summed E-state index contributed by atoms with van der Waals surface area (Å²) in [6.45, 7) is 5.77. The van der Waals surface area contributed by atoms with Crippen molar-refractivity contribution in [1.29, 1.82) is 0 Å². The van der Waals surface area contributed by atoms with Crippen molar-refractivity contribution < 1.29 is 27.8 Å². The van der Waals surface area contributed by atoms with E-state index >= 15 is 0 Å². The number of aryl methyl sites for hydroxylation is 1. The SMILES string of the molecule is CCc1cnc(N(CCc2ccc(OC(C)(C)C(=O)O)c(Br)c2)Cc2ccc(C(F)(F)F)cc2)nc1. The van der Waals surface area contributed by atoms with E-state index in [0.717, 1.165) is 29.7 Å². The summed E-state index contributed by atoms with van der Waals surface area (Å²) in [4.78, 5) is 22.2. The molecule has 1 N–H and O–H groups in total. The Balaban J connectivity index is 1.78. The minimum atomic E-state index is -4.39. The Kier molecular flexibility index (Phi) is 8.60. The summed E-state index contributed by atoms with van der Waals surface area (Å²) in [6.07, 6.45) is 0.477. The lowest BCUT2D eigenvalue weighted by Gasteiger charge is -2.24. The first kappa shape index (κ1) is 27.4. The fourth-order valence-corrected chi connectivity index (χ4v) is 3.84. The third-order valence-corrected chi connectivity index (χ3v) is 6.20. The molecule has 0 aliphatic carbocycles. The van der Waals surface area contributed by atoms with Crippen LogP contribution in [0, 0.1) is 0 Å². The predicted octanol–water partition coefficient (Wildman–Crippen LogP) is 6.31. The molecule has 3 rings (SSSR count). The van der Waals surface area contributed by atoms with E-state index in [1.54, 1.807) is 18.5 Å². The molecular formula is C26H27BrF3N3O3. The third kappa shape index (κ3) is 7.19. The highest BCUT2D eigenvalue weighted by Crippen LogP contribution is 2.31. The van der Waals surface area contributed by atoms with Crippen molar-refractivity contribution in [3.8, 4) is 5.75 Å². The summed E-state index contributed by atoms with van der Waals surface area (Å²) in [5.41, 5.74) is 0.554. The van der Waals surface area contributed by atoms with Crippen LogP contribution in [-0.2, 0) is 30.4 Å². The molecule has 0 unspecified atom stereocenters. The van der Waals surface area contributed by atoms with Gasteiger partial charge in [-0.05, 0) is 83.6 Å². The van der Waals surface area contributed by atoms with Gasteiger partial charge in [0.25, 0.3) is 0 Å². The molecule has 36 heavy (non-hydrogen) atoms. The minimum Gasteiger partial charge on any atom is -0.478 e. The van der Waals surface area contributed by atoms with Crippen LogP contribution in [0.4, 0.5) is 19.1 Å². The second kappa shape index (κ2) is 11.3. The monoisotopic (exact) mass is 565 g/mol. The molecule has 6 nitrogen and oxygen atoms in total. The quantitative estimate of drug-likeness (QED) is 0.310. The van der Waals surface area contributed by atoms with Gasteiger partial charge in [0.2, 0.25) is 5.95 Å². The number of carboxylic acid groups (broad SMARTS) is 1. The summed E-state index contributed by atoms with van der Waals surface area (Å²) < 4.78 is 45.1. The first-order valence-corrected chi connectivity index (χ1v) is 12.1. The summed E-state index contributed by atoms with van der Waals surface area (Å²) in [6, 6.07) is 10.5. The fourth-order valence-electron chi connectivity index (χ4n) is 3.33. The number of carboxylic acids is 1. The molecule has 2 aromatic carbocycles. The van der Waals surface area contributed by atoms with Crippen molar-refractivity contribution >= 4 is 27.8 Å². The highest BCUT2D eigenvalue weighted by molar-refractivity contribution is 9.10. The summed E-state index contributed by atoms with van der Waals surface area (Å²) in [5.74, 6) is -0.188. The average Bonchev–Trinajstić information content (AvgIpc) is 2.83. The van der Waals surface area contributed by atoms with Crippen LogP contribution in [0.2, 0.25) is 0 Å². The van der Waals surface area contributed by atoms with Crippen LogP contribution in [0.5, 0.6) is 5.75 Å². The van der Waals surface area contributed by atoms with Crippen LogP contribution in [0.25, 0.3) is 0 Å². The van der Waals surface area contributed by atoms with E-state index in [4.69, 9.17) is 4.74 Å². The van der Waals surface area contributed by atoms with Gasteiger partial charge in [-0.1, -0.05) is 25.1 Å². The van der Waals surface area contributed by atoms with E-state index in [-0.39, 0.29) is 0 Å². The molecule has 1 heterocycles. The van der Waals surface area contributed by atoms with Gasteiger partial charge in [0, 0.05) is 25.5 Å². The number of halogens is 4. The Morgan fingerprint density at radius 3 is 2.17 bits per heavy atom. The lowest BCUT2D eigenvalue weighted by atomic mass is 10.1. The first-order valence-electron chi connectivity index (χ1n) is 11.3. The van der Waals surface area contributed by atoms with E-state index in [9.17, 15) is 23.1 Å². The topological polar surface area (TPSA) is 75.6 Å². The van der Waals surface area contributed by atoms with Crippen LogP contribution in [0.1, 0.15) is 43.0 Å². The molecule has 0 saturated carbocycles. The highest BCUT2D eigenvalue weighted by Gasteiger charge is 2.31. The van der Waals surface area contributed by atoms with Gasteiger partial charge >= 0.3 is 12.1 Å². The number of aliphatic carboxylic acids is 1. The van der Waals surface area contributed by atoms with Crippen LogP contribution in [0.15, 0.2) is 59.3 Å². The summed E-state index contributed by atoms with van der Waals surface area (Å²) >= 11 is 3.45. The number of hydrogen-bond acceptors (Lipinski definition) is 5. The molecule has 0 atom stereocenters. The molecule has 1 aromatic heterocycles. The van der Waals surface area contributed by atoms with E-state index < -0.39 is 23.3 Å². The number of alkyl halides is 3. The van der Waals surface area contributed by atoms with Crippen molar-refractivity contribution in [2.45, 2.75) is 51.9 Å². The lowest BCUT2D eigenvalue weighted by molar-refractivity contribution is -0.152. The smallest absolute Gasteiger partial charge is 0.416 e. The van der Waals surface area contributed by atoms with Gasteiger partial charge in [0.1, 0.15) is 5.75 Å². The van der Waals surface area contributed by atoms with Gasteiger partial charge < -0.3 is 14.7 Å². The predicted molar refractivity (Wildman–Crippen MR) is 134 cm³/mol. The zero-order valence-corrected chi connectivity index (χ0v) is 21.7. The number of benzene rings is 2. The van der Waals surface area contributed by atoms with Gasteiger partial charge in [-0.2, -0.15) is 13.2 Å². The Morgan fingerprint density at radius 1 is 1.03 bits per heavy atom. The maximum Gasteiger partial charge on any atom is 0.416 e. The number of carbonyl (C=O) groups is 1. The molecule has 0 saturated heterocycles. The minimum absolute atomic E-state index is 0.332. The molecular weight excluding hydrogens is 539 g/mol. The standard InChI is InChI=1S/C26H27BrF3N3O3/c1-4-17-14-31-24(32-15-17)33(16-19-5-8-20(9-6-19)26(28,29)30)12-11-18-7-10-22(21(27)13-18)36-25(2,3)23(34)35/h5-10,13-15H,4,11-12,16H2,1-3H3,(H,34,35). The van der Waals surface area contributed by atoms with Crippen molar-refractivity contribution in [1.82, 2.24) is 9.97 Å². The number of nitrogens with zero attached hydrogens (tertiary/aromatic N) is 3. The maximum atomic E-state index is 12.9. The molecule has 0 bridgehead atoms. The Morgan fingerprint density at radius 2 is 1.64 bits per heavy atom. The Labute approximate surface area is 216 Å². The van der Waals surface area contributed by atoms with Crippen molar-refractivity contribution in [2.75, 3.05) is 11.4 Å². The van der Waals surface area contributed by atoms with Crippen LogP contribution in [0.3, 0.4) is 0 Å².